The summed E-state index contributed by atoms with van der Waals surface area (Å²) in [6, 6.07) is 19.4. The van der Waals surface area contributed by atoms with Crippen molar-refractivity contribution in [3.8, 4) is 17.2 Å². The number of nitrogens with one attached hydrogen (secondary N) is 1. The molecule has 0 bridgehead atoms. The van der Waals surface area contributed by atoms with Crippen LogP contribution in [0.2, 0.25) is 0 Å². The number of hydrogen-bond donors (Lipinski definition) is 1. The summed E-state index contributed by atoms with van der Waals surface area (Å²) in [4.78, 5) is 24.3. The maximum Gasteiger partial charge on any atom is 0.343 e. The van der Waals surface area contributed by atoms with E-state index in [1.807, 2.05) is 25.1 Å². The van der Waals surface area contributed by atoms with E-state index in [2.05, 4.69) is 24.4 Å². The van der Waals surface area contributed by atoms with Gasteiger partial charge in [0.25, 0.3) is 5.91 Å². The third kappa shape index (κ3) is 6.93. The second kappa shape index (κ2) is 11.7. The van der Waals surface area contributed by atoms with Gasteiger partial charge < -0.3 is 14.2 Å². The SMILES string of the molecule is COc1ccc(C(=O)Oc2ccc(C=NNC(=O)COc3cc(C)ccc3C(C)C)cc2)cc1. The Morgan fingerprint density at radius 2 is 1.65 bits per heavy atom. The molecule has 0 unspecified atom stereocenters. The molecular formula is C27H28N2O5. The predicted molar refractivity (Wildman–Crippen MR) is 131 cm³/mol. The van der Waals surface area contributed by atoms with Gasteiger partial charge in [0.2, 0.25) is 0 Å². The van der Waals surface area contributed by atoms with Crippen LogP contribution in [-0.4, -0.2) is 31.8 Å². The third-order valence-corrected chi connectivity index (χ3v) is 4.97. The highest BCUT2D eigenvalue weighted by atomic mass is 16.5. The van der Waals surface area contributed by atoms with Gasteiger partial charge >= 0.3 is 5.97 Å². The van der Waals surface area contributed by atoms with Crippen LogP contribution in [0.5, 0.6) is 17.2 Å². The van der Waals surface area contributed by atoms with Crippen molar-refractivity contribution in [3.63, 3.8) is 0 Å². The average molecular weight is 461 g/mol. The lowest BCUT2D eigenvalue weighted by Gasteiger charge is -2.14. The first-order valence-corrected chi connectivity index (χ1v) is 10.9. The zero-order chi connectivity index (χ0) is 24.5. The van der Waals surface area contributed by atoms with Crippen LogP contribution in [-0.2, 0) is 4.79 Å². The number of nitrogens with zero attached hydrogens (tertiary/aromatic N) is 1. The number of methoxy groups -OCH3 is 1. The van der Waals surface area contributed by atoms with Crippen molar-refractivity contribution in [3.05, 3.63) is 89.0 Å². The highest BCUT2D eigenvalue weighted by Gasteiger charge is 2.10. The third-order valence-electron chi connectivity index (χ3n) is 4.97. The van der Waals surface area contributed by atoms with Crippen molar-refractivity contribution in [2.24, 2.45) is 5.10 Å². The highest BCUT2D eigenvalue weighted by Crippen LogP contribution is 2.27. The van der Waals surface area contributed by atoms with Crippen LogP contribution in [0.4, 0.5) is 0 Å². The standard InChI is InChI=1S/C27H28N2O5/c1-18(2)24-14-5-19(3)15-25(24)33-17-26(30)29-28-16-20-6-10-23(11-7-20)34-27(31)21-8-12-22(32-4)13-9-21/h5-16,18H,17H2,1-4H3,(H,29,30). The number of hydrogen-bond acceptors (Lipinski definition) is 6. The summed E-state index contributed by atoms with van der Waals surface area (Å²) in [5.74, 6) is 1.22. The van der Waals surface area contributed by atoms with E-state index in [1.54, 1.807) is 55.6 Å². The fourth-order valence-electron chi connectivity index (χ4n) is 3.11. The number of carbonyl (C=O) groups excluding carboxylic acids is 2. The van der Waals surface area contributed by atoms with Gasteiger partial charge in [-0.2, -0.15) is 5.10 Å². The zero-order valence-electron chi connectivity index (χ0n) is 19.7. The molecule has 0 spiro atoms. The van der Waals surface area contributed by atoms with E-state index in [1.165, 1.54) is 6.21 Å². The van der Waals surface area contributed by atoms with E-state index >= 15 is 0 Å². The van der Waals surface area contributed by atoms with E-state index < -0.39 is 5.97 Å². The molecule has 7 heteroatoms. The predicted octanol–water partition coefficient (Wildman–Crippen LogP) is 4.88. The molecule has 3 aromatic rings. The Morgan fingerprint density at radius 3 is 2.29 bits per heavy atom. The average Bonchev–Trinajstić information content (AvgIpc) is 2.83. The van der Waals surface area contributed by atoms with Crippen LogP contribution < -0.4 is 19.6 Å². The number of carbonyl (C=O) groups is 2. The Labute approximate surface area is 199 Å². The Bertz CT molecular complexity index is 1150. The molecular weight excluding hydrogens is 432 g/mol. The number of rotatable bonds is 9. The van der Waals surface area contributed by atoms with Crippen molar-refractivity contribution in [2.45, 2.75) is 26.7 Å². The molecule has 0 aliphatic carbocycles. The lowest BCUT2D eigenvalue weighted by atomic mass is 10.0. The smallest absolute Gasteiger partial charge is 0.343 e. The minimum Gasteiger partial charge on any atom is -0.497 e. The Balaban J connectivity index is 1.49. The molecule has 0 atom stereocenters. The van der Waals surface area contributed by atoms with E-state index in [4.69, 9.17) is 14.2 Å². The van der Waals surface area contributed by atoms with Crippen LogP contribution >= 0.6 is 0 Å². The number of hydrazone groups is 1. The van der Waals surface area contributed by atoms with Crippen molar-refractivity contribution < 1.29 is 23.8 Å². The van der Waals surface area contributed by atoms with Gasteiger partial charge in [-0.25, -0.2) is 10.2 Å². The van der Waals surface area contributed by atoms with E-state index in [-0.39, 0.29) is 18.4 Å². The number of esters is 1. The Morgan fingerprint density at radius 1 is 0.971 bits per heavy atom. The van der Waals surface area contributed by atoms with Crippen LogP contribution in [0.1, 0.15) is 46.8 Å². The quantitative estimate of drug-likeness (QED) is 0.213. The maximum atomic E-state index is 12.2. The van der Waals surface area contributed by atoms with Gasteiger partial charge in [0, 0.05) is 0 Å². The first kappa shape index (κ1) is 24.5. The van der Waals surface area contributed by atoms with Gasteiger partial charge in [0.1, 0.15) is 17.2 Å². The van der Waals surface area contributed by atoms with E-state index in [0.29, 0.717) is 22.8 Å². The van der Waals surface area contributed by atoms with Gasteiger partial charge in [0.05, 0.1) is 18.9 Å². The first-order chi connectivity index (χ1) is 16.4. The van der Waals surface area contributed by atoms with Crippen LogP contribution in [0.3, 0.4) is 0 Å². The summed E-state index contributed by atoms with van der Waals surface area (Å²) in [5.41, 5.74) is 5.72. The number of aryl methyl sites for hydroxylation is 1. The molecule has 176 valence electrons. The van der Waals surface area contributed by atoms with Crippen molar-refractivity contribution >= 4 is 18.1 Å². The fraction of sp³-hybridized carbons (Fsp3) is 0.222. The fourth-order valence-corrected chi connectivity index (χ4v) is 3.11. The molecule has 3 rings (SSSR count). The molecule has 0 aliphatic heterocycles. The van der Waals surface area contributed by atoms with Crippen molar-refractivity contribution in [1.82, 2.24) is 5.43 Å². The molecule has 7 nitrogen and oxygen atoms in total. The minimum absolute atomic E-state index is 0.138. The molecule has 0 saturated carbocycles. The topological polar surface area (TPSA) is 86.2 Å². The molecule has 0 heterocycles. The molecule has 1 amide bonds. The molecule has 0 aromatic heterocycles. The van der Waals surface area contributed by atoms with Crippen molar-refractivity contribution in [2.75, 3.05) is 13.7 Å². The summed E-state index contributed by atoms with van der Waals surface area (Å²) in [5, 5.41) is 3.96. The lowest BCUT2D eigenvalue weighted by Crippen LogP contribution is -2.25. The van der Waals surface area contributed by atoms with Gasteiger partial charge in [-0.05, 0) is 84.1 Å². The summed E-state index contributed by atoms with van der Waals surface area (Å²) in [7, 11) is 1.56. The first-order valence-electron chi connectivity index (χ1n) is 10.9. The van der Waals surface area contributed by atoms with Gasteiger partial charge in [-0.3, -0.25) is 4.79 Å². The van der Waals surface area contributed by atoms with Crippen LogP contribution in [0.15, 0.2) is 71.8 Å². The summed E-state index contributed by atoms with van der Waals surface area (Å²) >= 11 is 0. The Hall–Kier alpha value is -4.13. The summed E-state index contributed by atoms with van der Waals surface area (Å²) in [6.45, 7) is 5.99. The molecule has 0 radical (unpaired) electrons. The molecule has 34 heavy (non-hydrogen) atoms. The summed E-state index contributed by atoms with van der Waals surface area (Å²) in [6.07, 6.45) is 1.50. The number of amides is 1. The Kier molecular flexibility index (Phi) is 8.40. The van der Waals surface area contributed by atoms with Crippen LogP contribution in [0, 0.1) is 6.92 Å². The second-order valence-electron chi connectivity index (χ2n) is 7.96. The van der Waals surface area contributed by atoms with E-state index in [9.17, 15) is 9.59 Å². The lowest BCUT2D eigenvalue weighted by molar-refractivity contribution is -0.123. The normalized spacial score (nSPS) is 10.9. The van der Waals surface area contributed by atoms with Gasteiger partial charge in [-0.15, -0.1) is 0 Å². The summed E-state index contributed by atoms with van der Waals surface area (Å²) < 4.78 is 16.2. The minimum atomic E-state index is -0.467. The van der Waals surface area contributed by atoms with Crippen molar-refractivity contribution in [1.29, 1.82) is 0 Å². The van der Waals surface area contributed by atoms with Crippen LogP contribution in [0.25, 0.3) is 0 Å². The second-order valence-corrected chi connectivity index (χ2v) is 7.96. The van der Waals surface area contributed by atoms with Gasteiger partial charge in [0.15, 0.2) is 6.61 Å². The molecule has 0 saturated heterocycles. The molecule has 0 aliphatic rings. The largest absolute Gasteiger partial charge is 0.497 e. The van der Waals surface area contributed by atoms with Gasteiger partial charge in [-0.1, -0.05) is 26.0 Å². The molecule has 0 fully saturated rings. The molecule has 3 aromatic carbocycles. The number of benzene rings is 3. The number of ether oxygens (including phenoxy) is 3. The van der Waals surface area contributed by atoms with E-state index in [0.717, 1.165) is 16.7 Å². The monoisotopic (exact) mass is 460 g/mol. The highest BCUT2D eigenvalue weighted by molar-refractivity contribution is 5.91. The molecule has 1 N–H and O–H groups in total. The maximum absolute atomic E-state index is 12.2. The zero-order valence-corrected chi connectivity index (χ0v) is 19.7.